The third-order valence-corrected chi connectivity index (χ3v) is 5.74. The van der Waals surface area contributed by atoms with Crippen molar-refractivity contribution in [2.45, 2.75) is 6.92 Å². The Hall–Kier alpha value is -2.57. The van der Waals surface area contributed by atoms with E-state index >= 15 is 0 Å². The Morgan fingerprint density at radius 2 is 1.73 bits per heavy atom. The zero-order valence-electron chi connectivity index (χ0n) is 13.9. The molecule has 0 aliphatic heterocycles. The molecule has 0 aliphatic rings. The van der Waals surface area contributed by atoms with Gasteiger partial charge in [-0.2, -0.15) is 0 Å². The summed E-state index contributed by atoms with van der Waals surface area (Å²) in [5.41, 5.74) is 9.06. The van der Waals surface area contributed by atoms with Crippen LogP contribution in [0.1, 0.15) is 20.9 Å². The lowest BCUT2D eigenvalue weighted by Crippen LogP contribution is -2.02. The summed E-state index contributed by atoms with van der Waals surface area (Å²) in [6.07, 6.45) is 0. The van der Waals surface area contributed by atoms with E-state index in [1.807, 2.05) is 49.4 Å². The van der Waals surface area contributed by atoms with Gasteiger partial charge in [-0.05, 0) is 31.2 Å². The normalized spacial score (nSPS) is 11.0. The molecule has 0 spiro atoms. The van der Waals surface area contributed by atoms with Crippen molar-refractivity contribution in [3.05, 3.63) is 75.2 Å². The molecule has 0 saturated carbocycles. The molecule has 26 heavy (non-hydrogen) atoms. The molecule has 0 radical (unpaired) electrons. The fraction of sp³-hybridized carbons (Fsp3) is 0.0500. The Balaban J connectivity index is 1.85. The topological polar surface area (TPSA) is 68.9 Å². The molecule has 2 N–H and O–H groups in total. The van der Waals surface area contributed by atoms with E-state index < -0.39 is 0 Å². The van der Waals surface area contributed by atoms with Crippen molar-refractivity contribution in [3.8, 4) is 11.4 Å². The second kappa shape index (κ2) is 6.63. The molecule has 128 valence electrons. The molecule has 0 aliphatic carbocycles. The van der Waals surface area contributed by atoms with Crippen molar-refractivity contribution < 1.29 is 4.79 Å². The number of hydrogen-bond acceptors (Lipinski definition) is 5. The van der Waals surface area contributed by atoms with E-state index in [0.29, 0.717) is 22.0 Å². The predicted molar refractivity (Wildman–Crippen MR) is 110 cm³/mol. The smallest absolute Gasteiger partial charge is 0.205 e. The summed E-state index contributed by atoms with van der Waals surface area (Å²) in [4.78, 5) is 23.3. The fourth-order valence-electron chi connectivity index (χ4n) is 2.81. The average molecular weight is 424 g/mol. The first-order valence-electron chi connectivity index (χ1n) is 7.97. The molecule has 0 saturated heterocycles. The van der Waals surface area contributed by atoms with Gasteiger partial charge in [0.25, 0.3) is 0 Å². The van der Waals surface area contributed by atoms with Crippen LogP contribution < -0.4 is 5.73 Å². The molecule has 0 amide bonds. The first-order chi connectivity index (χ1) is 12.5. The number of halogens is 1. The van der Waals surface area contributed by atoms with Gasteiger partial charge in [-0.15, -0.1) is 11.3 Å². The van der Waals surface area contributed by atoms with Crippen molar-refractivity contribution in [2.75, 3.05) is 5.73 Å². The maximum Gasteiger partial charge on any atom is 0.205 e. The minimum absolute atomic E-state index is 0.0985. The number of anilines is 1. The van der Waals surface area contributed by atoms with Gasteiger partial charge in [0.2, 0.25) is 5.78 Å². The number of nitrogens with zero attached hydrogens (tertiary/aromatic N) is 2. The maximum absolute atomic E-state index is 12.9. The monoisotopic (exact) mass is 423 g/mol. The van der Waals surface area contributed by atoms with Gasteiger partial charge in [0.1, 0.15) is 9.71 Å². The number of nitrogen functional groups attached to an aromatic ring is 1. The number of carbonyl (C=O) groups excluding carboxylic acids is 1. The maximum atomic E-state index is 12.9. The Morgan fingerprint density at radius 3 is 2.42 bits per heavy atom. The zero-order valence-corrected chi connectivity index (χ0v) is 16.3. The van der Waals surface area contributed by atoms with Crippen LogP contribution in [0.15, 0.2) is 59.1 Å². The number of aryl methyl sites for hydroxylation is 1. The number of ketones is 1. The predicted octanol–water partition coefficient (Wildman–Crippen LogP) is 5.24. The van der Waals surface area contributed by atoms with Crippen molar-refractivity contribution in [1.29, 1.82) is 0 Å². The van der Waals surface area contributed by atoms with Crippen LogP contribution in [0, 0.1) is 6.92 Å². The average Bonchev–Trinajstić information content (AvgIpc) is 2.99. The fourth-order valence-corrected chi connectivity index (χ4v) is 4.19. The summed E-state index contributed by atoms with van der Waals surface area (Å²) >= 11 is 4.70. The Morgan fingerprint density at radius 1 is 1.04 bits per heavy atom. The molecular formula is C20H14BrN3OS. The largest absolute Gasteiger partial charge is 0.397 e. The van der Waals surface area contributed by atoms with Crippen LogP contribution in [-0.4, -0.2) is 15.8 Å². The standard InChI is InChI=1S/C20H14BrN3OS/c1-11-15-16(22)18(17(25)12-7-9-14(21)10-8-12)26-20(15)24-19(23-11)13-5-3-2-4-6-13/h2-10H,22H2,1H3. The lowest BCUT2D eigenvalue weighted by Gasteiger charge is -2.03. The zero-order chi connectivity index (χ0) is 18.3. The van der Waals surface area contributed by atoms with Gasteiger partial charge in [-0.25, -0.2) is 9.97 Å². The quantitative estimate of drug-likeness (QED) is 0.457. The lowest BCUT2D eigenvalue weighted by atomic mass is 10.1. The highest BCUT2D eigenvalue weighted by atomic mass is 79.9. The SMILES string of the molecule is Cc1nc(-c2ccccc2)nc2sc(C(=O)c3ccc(Br)cc3)c(N)c12. The van der Waals surface area contributed by atoms with E-state index in [1.165, 1.54) is 11.3 Å². The second-order valence-electron chi connectivity index (χ2n) is 5.86. The summed E-state index contributed by atoms with van der Waals surface area (Å²) in [5.74, 6) is 0.540. The van der Waals surface area contributed by atoms with E-state index in [0.717, 1.165) is 25.9 Å². The molecule has 4 aromatic rings. The van der Waals surface area contributed by atoms with Gasteiger partial charge in [-0.1, -0.05) is 46.3 Å². The molecule has 0 unspecified atom stereocenters. The Kier molecular flexibility index (Phi) is 4.30. The molecule has 4 nitrogen and oxygen atoms in total. The highest BCUT2D eigenvalue weighted by Crippen LogP contribution is 2.36. The molecule has 2 heterocycles. The van der Waals surface area contributed by atoms with Crippen LogP contribution in [0.4, 0.5) is 5.69 Å². The summed E-state index contributed by atoms with van der Waals surface area (Å²) in [6, 6.07) is 17.0. The number of hydrogen-bond donors (Lipinski definition) is 1. The number of aromatic nitrogens is 2. The Bertz CT molecular complexity index is 1120. The van der Waals surface area contributed by atoms with Crippen LogP contribution in [0.3, 0.4) is 0 Å². The van der Waals surface area contributed by atoms with Crippen molar-refractivity contribution in [2.24, 2.45) is 0 Å². The van der Waals surface area contributed by atoms with Gasteiger partial charge >= 0.3 is 0 Å². The molecule has 4 rings (SSSR count). The lowest BCUT2D eigenvalue weighted by molar-refractivity contribution is 0.104. The third-order valence-electron chi connectivity index (χ3n) is 4.11. The second-order valence-corrected chi connectivity index (χ2v) is 7.77. The van der Waals surface area contributed by atoms with E-state index in [2.05, 4.69) is 25.9 Å². The molecule has 6 heteroatoms. The van der Waals surface area contributed by atoms with Gasteiger partial charge < -0.3 is 5.73 Å². The van der Waals surface area contributed by atoms with Gasteiger partial charge in [0.05, 0.1) is 16.8 Å². The van der Waals surface area contributed by atoms with Crippen LogP contribution in [0.5, 0.6) is 0 Å². The van der Waals surface area contributed by atoms with Crippen LogP contribution in [0.2, 0.25) is 0 Å². The van der Waals surface area contributed by atoms with Crippen LogP contribution >= 0.6 is 27.3 Å². The number of thiophene rings is 1. The van der Waals surface area contributed by atoms with Crippen molar-refractivity contribution >= 4 is 49.0 Å². The number of fused-ring (bicyclic) bond motifs is 1. The number of benzene rings is 2. The molecule has 0 fully saturated rings. The number of nitrogens with two attached hydrogens (primary N) is 1. The summed E-state index contributed by atoms with van der Waals surface area (Å²) in [6.45, 7) is 1.90. The van der Waals surface area contributed by atoms with Crippen molar-refractivity contribution in [1.82, 2.24) is 9.97 Å². The Labute approximate surface area is 162 Å². The molecule has 2 aromatic carbocycles. The van der Waals surface area contributed by atoms with Gasteiger partial charge in [0, 0.05) is 15.6 Å². The molecule has 0 atom stereocenters. The van der Waals surface area contributed by atoms with E-state index in [1.54, 1.807) is 12.1 Å². The number of carbonyl (C=O) groups is 1. The summed E-state index contributed by atoms with van der Waals surface area (Å²) in [5, 5.41) is 0.759. The van der Waals surface area contributed by atoms with E-state index in [9.17, 15) is 4.79 Å². The van der Waals surface area contributed by atoms with Gasteiger partial charge in [0.15, 0.2) is 5.82 Å². The number of rotatable bonds is 3. The van der Waals surface area contributed by atoms with E-state index in [4.69, 9.17) is 5.73 Å². The minimum atomic E-state index is -0.0985. The highest BCUT2D eigenvalue weighted by molar-refractivity contribution is 9.10. The molecule has 0 bridgehead atoms. The summed E-state index contributed by atoms with van der Waals surface area (Å²) < 4.78 is 0.924. The molecular weight excluding hydrogens is 410 g/mol. The van der Waals surface area contributed by atoms with Crippen molar-refractivity contribution in [3.63, 3.8) is 0 Å². The van der Waals surface area contributed by atoms with E-state index in [-0.39, 0.29) is 5.78 Å². The first kappa shape index (κ1) is 16.9. The molecule has 2 aromatic heterocycles. The minimum Gasteiger partial charge on any atom is -0.397 e. The van der Waals surface area contributed by atoms with Gasteiger partial charge in [-0.3, -0.25) is 4.79 Å². The van der Waals surface area contributed by atoms with Crippen LogP contribution in [0.25, 0.3) is 21.6 Å². The summed E-state index contributed by atoms with van der Waals surface area (Å²) in [7, 11) is 0. The first-order valence-corrected chi connectivity index (χ1v) is 9.58. The third kappa shape index (κ3) is 2.91. The highest BCUT2D eigenvalue weighted by Gasteiger charge is 2.21. The van der Waals surface area contributed by atoms with Crippen LogP contribution in [-0.2, 0) is 0 Å².